The van der Waals surface area contributed by atoms with E-state index in [2.05, 4.69) is 10.2 Å². The lowest BCUT2D eigenvalue weighted by molar-refractivity contribution is -0.152. The highest BCUT2D eigenvalue weighted by Crippen LogP contribution is 2.23. The molecule has 0 saturated carbocycles. The van der Waals surface area contributed by atoms with Gasteiger partial charge in [0, 0.05) is 38.9 Å². The molecule has 0 spiro atoms. The second-order valence-corrected chi connectivity index (χ2v) is 6.49. The van der Waals surface area contributed by atoms with Gasteiger partial charge in [0.05, 0.1) is 6.04 Å². The molecular weight excluding hydrogens is 310 g/mol. The molecule has 2 N–H and O–H groups in total. The molecule has 24 heavy (non-hydrogen) atoms. The van der Waals surface area contributed by atoms with Crippen molar-refractivity contribution in [3.63, 3.8) is 0 Å². The Hall–Kier alpha value is -2.28. The van der Waals surface area contributed by atoms with Gasteiger partial charge in [-0.05, 0) is 38.1 Å². The molecule has 0 radical (unpaired) electrons. The first-order valence-electron chi connectivity index (χ1n) is 7.99. The fraction of sp³-hybridized carbons (Fsp3) is 0.529. The van der Waals surface area contributed by atoms with Gasteiger partial charge in [-0.25, -0.2) is 4.79 Å². The number of anilines is 1. The summed E-state index contributed by atoms with van der Waals surface area (Å²) in [6, 6.07) is 7.41. The number of piperazine rings is 1. The van der Waals surface area contributed by atoms with Gasteiger partial charge >= 0.3 is 5.97 Å². The lowest BCUT2D eigenvalue weighted by Crippen LogP contribution is -2.54. The number of ether oxygens (including phenoxy) is 1. The normalized spacial score (nSPS) is 18.1. The Bertz CT molecular complexity index is 574. The van der Waals surface area contributed by atoms with E-state index in [1.807, 2.05) is 24.1 Å². The number of benzene rings is 1. The number of hydrogen-bond acceptors (Lipinski definition) is 5. The van der Waals surface area contributed by atoms with Crippen molar-refractivity contribution in [1.29, 1.82) is 0 Å². The fourth-order valence-corrected chi connectivity index (χ4v) is 2.61. The molecule has 1 aromatic carbocycles. The number of nitrogens with one attached hydrogen (secondary N) is 1. The Kier molecular flexibility index (Phi) is 5.66. The van der Waals surface area contributed by atoms with Crippen LogP contribution in [0.4, 0.5) is 5.69 Å². The topological polar surface area (TPSA) is 82.1 Å². The summed E-state index contributed by atoms with van der Waals surface area (Å²) in [5, 5.41) is 12.4. The minimum absolute atomic E-state index is 0.128. The number of hydrogen-bond donors (Lipinski definition) is 2. The van der Waals surface area contributed by atoms with Crippen molar-refractivity contribution in [2.24, 2.45) is 0 Å². The van der Waals surface area contributed by atoms with E-state index in [0.717, 1.165) is 31.7 Å². The smallest absolute Gasteiger partial charge is 0.347 e. The SMILES string of the molecule is CN(CC1CNCCN1C=O)c1ccc(OC(C)(C)C(=O)O)cc1. The highest BCUT2D eigenvalue weighted by atomic mass is 16.5. The van der Waals surface area contributed by atoms with Crippen LogP contribution in [0.5, 0.6) is 5.75 Å². The van der Waals surface area contributed by atoms with Gasteiger partial charge in [-0.2, -0.15) is 0 Å². The molecule has 2 rings (SSSR count). The summed E-state index contributed by atoms with van der Waals surface area (Å²) in [4.78, 5) is 26.1. The fourth-order valence-electron chi connectivity index (χ4n) is 2.61. The Morgan fingerprint density at radius 3 is 2.71 bits per heavy atom. The van der Waals surface area contributed by atoms with E-state index >= 15 is 0 Å². The maximum Gasteiger partial charge on any atom is 0.347 e. The van der Waals surface area contributed by atoms with E-state index in [9.17, 15) is 9.59 Å². The molecular formula is C17H25N3O4. The zero-order valence-electron chi connectivity index (χ0n) is 14.4. The summed E-state index contributed by atoms with van der Waals surface area (Å²) in [5.74, 6) is -0.504. The minimum atomic E-state index is -1.27. The molecule has 1 saturated heterocycles. The third-order valence-electron chi connectivity index (χ3n) is 4.18. The lowest BCUT2D eigenvalue weighted by atomic mass is 10.1. The van der Waals surface area contributed by atoms with Gasteiger partial charge in [0.2, 0.25) is 6.41 Å². The number of carbonyl (C=O) groups is 2. The zero-order chi connectivity index (χ0) is 17.7. The summed E-state index contributed by atoms with van der Waals surface area (Å²) < 4.78 is 5.50. The monoisotopic (exact) mass is 335 g/mol. The number of carbonyl (C=O) groups excluding carboxylic acids is 1. The van der Waals surface area contributed by atoms with Crippen LogP contribution in [-0.2, 0) is 9.59 Å². The second kappa shape index (κ2) is 7.53. The molecule has 1 aliphatic heterocycles. The van der Waals surface area contributed by atoms with Crippen LogP contribution in [0.25, 0.3) is 0 Å². The average molecular weight is 335 g/mol. The molecule has 1 heterocycles. The molecule has 1 aromatic rings. The van der Waals surface area contributed by atoms with E-state index in [1.54, 1.807) is 12.1 Å². The number of nitrogens with zero attached hydrogens (tertiary/aromatic N) is 2. The van der Waals surface area contributed by atoms with Crippen LogP contribution < -0.4 is 15.0 Å². The molecule has 1 atom stereocenters. The first kappa shape index (κ1) is 18.1. The molecule has 132 valence electrons. The van der Waals surface area contributed by atoms with Gasteiger partial charge in [-0.3, -0.25) is 4.79 Å². The molecule has 1 amide bonds. The predicted octanol–water partition coefficient (Wildman–Crippen LogP) is 0.795. The summed E-state index contributed by atoms with van der Waals surface area (Å²) >= 11 is 0. The van der Waals surface area contributed by atoms with Crippen molar-refractivity contribution in [2.45, 2.75) is 25.5 Å². The summed E-state index contributed by atoms with van der Waals surface area (Å²) in [7, 11) is 1.97. The zero-order valence-corrected chi connectivity index (χ0v) is 14.4. The number of carboxylic acid groups (broad SMARTS) is 1. The molecule has 1 unspecified atom stereocenters. The van der Waals surface area contributed by atoms with Crippen LogP contribution in [0, 0.1) is 0 Å². The number of rotatable bonds is 7. The van der Waals surface area contributed by atoms with Crippen LogP contribution in [0.1, 0.15) is 13.8 Å². The van der Waals surface area contributed by atoms with E-state index in [-0.39, 0.29) is 6.04 Å². The van der Waals surface area contributed by atoms with E-state index in [1.165, 1.54) is 13.8 Å². The Labute approximate surface area is 142 Å². The molecule has 7 heteroatoms. The van der Waals surface area contributed by atoms with Crippen molar-refractivity contribution >= 4 is 18.1 Å². The van der Waals surface area contributed by atoms with Gasteiger partial charge in [-0.1, -0.05) is 0 Å². The van der Waals surface area contributed by atoms with Gasteiger partial charge in [0.15, 0.2) is 5.60 Å². The van der Waals surface area contributed by atoms with Crippen molar-refractivity contribution in [3.05, 3.63) is 24.3 Å². The first-order chi connectivity index (χ1) is 11.3. The highest BCUT2D eigenvalue weighted by molar-refractivity contribution is 5.76. The molecule has 1 aliphatic rings. The maximum absolute atomic E-state index is 11.1. The molecule has 1 fully saturated rings. The van der Waals surface area contributed by atoms with Crippen molar-refractivity contribution in [3.8, 4) is 5.75 Å². The third-order valence-corrected chi connectivity index (χ3v) is 4.18. The number of amides is 1. The van der Waals surface area contributed by atoms with Crippen LogP contribution in [0.3, 0.4) is 0 Å². The van der Waals surface area contributed by atoms with Crippen LogP contribution >= 0.6 is 0 Å². The van der Waals surface area contributed by atoms with E-state index in [4.69, 9.17) is 9.84 Å². The van der Waals surface area contributed by atoms with Crippen molar-refractivity contribution in [2.75, 3.05) is 38.1 Å². The average Bonchev–Trinajstić information content (AvgIpc) is 2.55. The predicted molar refractivity (Wildman–Crippen MR) is 91.5 cm³/mol. The minimum Gasteiger partial charge on any atom is -0.478 e. The highest BCUT2D eigenvalue weighted by Gasteiger charge is 2.29. The number of likely N-dealkylation sites (N-methyl/N-ethyl adjacent to an activating group) is 1. The van der Waals surface area contributed by atoms with Gasteiger partial charge in [0.25, 0.3) is 0 Å². The summed E-state index contributed by atoms with van der Waals surface area (Å²) in [6.45, 7) is 6.06. The summed E-state index contributed by atoms with van der Waals surface area (Å²) in [5.41, 5.74) is -0.294. The second-order valence-electron chi connectivity index (χ2n) is 6.49. The van der Waals surface area contributed by atoms with Crippen LogP contribution in [0.15, 0.2) is 24.3 Å². The molecule has 7 nitrogen and oxygen atoms in total. The quantitative estimate of drug-likeness (QED) is 0.717. The third kappa shape index (κ3) is 4.38. The number of carboxylic acids is 1. The summed E-state index contributed by atoms with van der Waals surface area (Å²) in [6.07, 6.45) is 0.907. The van der Waals surface area contributed by atoms with Crippen LogP contribution in [0.2, 0.25) is 0 Å². The van der Waals surface area contributed by atoms with Crippen molar-refractivity contribution in [1.82, 2.24) is 10.2 Å². The Balaban J connectivity index is 1.99. The molecule has 0 aliphatic carbocycles. The largest absolute Gasteiger partial charge is 0.478 e. The van der Waals surface area contributed by atoms with E-state index < -0.39 is 11.6 Å². The lowest BCUT2D eigenvalue weighted by Gasteiger charge is -2.36. The van der Waals surface area contributed by atoms with Gasteiger partial charge < -0.3 is 25.0 Å². The first-order valence-corrected chi connectivity index (χ1v) is 7.99. The maximum atomic E-state index is 11.1. The number of aliphatic carboxylic acids is 1. The van der Waals surface area contributed by atoms with Crippen molar-refractivity contribution < 1.29 is 19.4 Å². The Morgan fingerprint density at radius 2 is 2.12 bits per heavy atom. The molecule has 0 bridgehead atoms. The standard InChI is InChI=1S/C17H25N3O4/c1-17(2,16(22)23)24-15-6-4-13(5-7-15)19(3)11-14-10-18-8-9-20(14)12-21/h4-7,12,14,18H,8-11H2,1-3H3,(H,22,23). The Morgan fingerprint density at radius 1 is 1.46 bits per heavy atom. The molecule has 0 aromatic heterocycles. The van der Waals surface area contributed by atoms with Gasteiger partial charge in [-0.15, -0.1) is 0 Å². The van der Waals surface area contributed by atoms with Gasteiger partial charge in [0.1, 0.15) is 5.75 Å². The van der Waals surface area contributed by atoms with Crippen LogP contribution in [-0.4, -0.2) is 67.3 Å². The van der Waals surface area contributed by atoms with E-state index in [0.29, 0.717) is 12.3 Å².